The summed E-state index contributed by atoms with van der Waals surface area (Å²) in [6.45, 7) is 4.60. The molecule has 3 aromatic rings. The number of ether oxygens (including phenoxy) is 1. The van der Waals surface area contributed by atoms with Gasteiger partial charge in [-0.2, -0.15) is 0 Å². The molecule has 1 atom stereocenters. The zero-order chi connectivity index (χ0) is 20.2. The smallest absolute Gasteiger partial charge is 0.338 e. The molecule has 0 saturated heterocycles. The number of thiophene rings is 1. The topological polar surface area (TPSA) is 56.1 Å². The van der Waals surface area contributed by atoms with Gasteiger partial charge in [0.2, 0.25) is 5.95 Å². The molecule has 0 fully saturated rings. The highest BCUT2D eigenvalue weighted by molar-refractivity contribution is 7.10. The lowest BCUT2D eigenvalue weighted by Crippen LogP contribution is -2.28. The molecule has 0 amide bonds. The van der Waals surface area contributed by atoms with Crippen molar-refractivity contribution in [2.45, 2.75) is 52.0 Å². The molecule has 6 heteroatoms. The number of hydrogen-bond donors (Lipinski definition) is 1. The van der Waals surface area contributed by atoms with E-state index in [9.17, 15) is 4.79 Å². The number of nitrogens with zero attached hydrogens (tertiary/aromatic N) is 2. The van der Waals surface area contributed by atoms with Crippen LogP contribution in [0.1, 0.15) is 56.9 Å². The van der Waals surface area contributed by atoms with Gasteiger partial charge in [-0.1, -0.05) is 50.8 Å². The molecule has 0 bridgehead atoms. The molecule has 1 aliphatic rings. The van der Waals surface area contributed by atoms with Crippen LogP contribution in [0.15, 0.2) is 53.0 Å². The molecular formula is C23H27N3O2S. The molecule has 0 unspecified atom stereocenters. The van der Waals surface area contributed by atoms with Crippen LogP contribution in [0.4, 0.5) is 5.95 Å². The van der Waals surface area contributed by atoms with Gasteiger partial charge in [0.05, 0.1) is 23.2 Å². The maximum atomic E-state index is 13.1. The predicted octanol–water partition coefficient (Wildman–Crippen LogP) is 5.90. The number of benzene rings is 1. The number of nitrogens with one attached hydrogen (secondary N) is 1. The second-order valence-electron chi connectivity index (χ2n) is 7.43. The summed E-state index contributed by atoms with van der Waals surface area (Å²) in [7, 11) is 0. The van der Waals surface area contributed by atoms with Crippen molar-refractivity contribution in [3.8, 4) is 0 Å². The minimum Gasteiger partial charge on any atom is -0.462 e. The summed E-state index contributed by atoms with van der Waals surface area (Å²) < 4.78 is 7.82. The van der Waals surface area contributed by atoms with Crippen molar-refractivity contribution >= 4 is 34.3 Å². The lowest BCUT2D eigenvalue weighted by molar-refractivity contribution is -0.139. The Morgan fingerprint density at radius 3 is 2.79 bits per heavy atom. The number of carbonyl (C=O) groups is 1. The Balaban J connectivity index is 1.63. The van der Waals surface area contributed by atoms with E-state index >= 15 is 0 Å². The van der Waals surface area contributed by atoms with E-state index in [4.69, 9.17) is 9.72 Å². The summed E-state index contributed by atoms with van der Waals surface area (Å²) in [5.41, 5.74) is 3.39. The molecule has 5 nitrogen and oxygen atoms in total. The number of aromatic nitrogens is 2. The van der Waals surface area contributed by atoms with Gasteiger partial charge < -0.3 is 10.1 Å². The molecule has 2 aromatic heterocycles. The SMILES string of the molecule is CCCCCCCOC(=O)C1=C(C)Nc2nc3ccccc3n2[C@@H]1c1cccs1. The summed E-state index contributed by atoms with van der Waals surface area (Å²) in [6.07, 6.45) is 5.65. The van der Waals surface area contributed by atoms with E-state index in [1.165, 1.54) is 19.3 Å². The number of esters is 1. The van der Waals surface area contributed by atoms with E-state index in [2.05, 4.69) is 22.9 Å². The van der Waals surface area contributed by atoms with Crippen molar-refractivity contribution < 1.29 is 9.53 Å². The van der Waals surface area contributed by atoms with Crippen molar-refractivity contribution in [2.24, 2.45) is 0 Å². The number of para-hydroxylation sites is 2. The fourth-order valence-electron chi connectivity index (χ4n) is 3.89. The van der Waals surface area contributed by atoms with Gasteiger partial charge in [0.15, 0.2) is 0 Å². The molecule has 0 aliphatic carbocycles. The standard InChI is InChI=1S/C23H27N3O2S/c1-3-4-5-6-9-14-28-22(27)20-16(2)24-23-25-17-11-7-8-12-18(17)26(23)21(20)19-13-10-15-29-19/h7-8,10-13,15,21H,3-6,9,14H2,1-2H3,(H,24,25)/t21-/m1/s1. The second kappa shape index (κ2) is 8.82. The summed E-state index contributed by atoms with van der Waals surface area (Å²) in [5, 5.41) is 5.37. The Morgan fingerprint density at radius 2 is 2.00 bits per heavy atom. The predicted molar refractivity (Wildman–Crippen MR) is 118 cm³/mol. The van der Waals surface area contributed by atoms with Crippen LogP contribution in [0, 0.1) is 0 Å². The van der Waals surface area contributed by atoms with Crippen LogP contribution in [0.2, 0.25) is 0 Å². The minimum absolute atomic E-state index is 0.230. The van der Waals surface area contributed by atoms with E-state index in [-0.39, 0.29) is 12.0 Å². The van der Waals surface area contributed by atoms with Crippen LogP contribution >= 0.6 is 11.3 Å². The average Bonchev–Trinajstić information content (AvgIpc) is 3.37. The number of fused-ring (bicyclic) bond motifs is 3. The maximum absolute atomic E-state index is 13.1. The monoisotopic (exact) mass is 409 g/mol. The third kappa shape index (κ3) is 3.94. The van der Waals surface area contributed by atoms with Crippen molar-refractivity contribution in [2.75, 3.05) is 11.9 Å². The number of rotatable bonds is 8. The molecule has 3 heterocycles. The van der Waals surface area contributed by atoms with Crippen molar-refractivity contribution in [1.29, 1.82) is 0 Å². The highest BCUT2D eigenvalue weighted by Crippen LogP contribution is 2.40. The summed E-state index contributed by atoms with van der Waals surface area (Å²) in [5.74, 6) is 0.519. The second-order valence-corrected chi connectivity index (χ2v) is 8.41. The van der Waals surface area contributed by atoms with Crippen LogP contribution in [0.3, 0.4) is 0 Å². The van der Waals surface area contributed by atoms with Gasteiger partial charge in [0, 0.05) is 10.6 Å². The van der Waals surface area contributed by atoms with E-state index in [0.29, 0.717) is 12.2 Å². The van der Waals surface area contributed by atoms with Crippen molar-refractivity contribution in [1.82, 2.24) is 9.55 Å². The molecule has 0 radical (unpaired) electrons. The van der Waals surface area contributed by atoms with E-state index in [1.54, 1.807) is 11.3 Å². The molecule has 0 saturated carbocycles. The largest absolute Gasteiger partial charge is 0.462 e. The highest BCUT2D eigenvalue weighted by Gasteiger charge is 2.35. The zero-order valence-electron chi connectivity index (χ0n) is 17.0. The third-order valence-electron chi connectivity index (χ3n) is 5.34. The molecule has 0 spiro atoms. The van der Waals surface area contributed by atoms with Crippen LogP contribution in [-0.2, 0) is 9.53 Å². The first-order chi connectivity index (χ1) is 14.2. The molecule has 4 rings (SSSR count). The van der Waals surface area contributed by atoms with E-state index in [0.717, 1.165) is 40.4 Å². The molecule has 1 N–H and O–H groups in total. The van der Waals surface area contributed by atoms with Gasteiger partial charge in [-0.25, -0.2) is 9.78 Å². The van der Waals surface area contributed by atoms with Gasteiger partial charge in [-0.15, -0.1) is 11.3 Å². The van der Waals surface area contributed by atoms with Crippen LogP contribution in [0.25, 0.3) is 11.0 Å². The average molecular weight is 410 g/mol. The first-order valence-electron chi connectivity index (χ1n) is 10.4. The molecule has 1 aliphatic heterocycles. The van der Waals surface area contributed by atoms with Gasteiger partial charge in [-0.3, -0.25) is 4.57 Å². The van der Waals surface area contributed by atoms with Gasteiger partial charge >= 0.3 is 5.97 Å². The molecule has 1 aromatic carbocycles. The molecule has 152 valence electrons. The van der Waals surface area contributed by atoms with E-state index in [1.807, 2.05) is 42.6 Å². The summed E-state index contributed by atoms with van der Waals surface area (Å²) in [4.78, 5) is 19.0. The summed E-state index contributed by atoms with van der Waals surface area (Å²) >= 11 is 1.65. The van der Waals surface area contributed by atoms with E-state index < -0.39 is 0 Å². The number of carbonyl (C=O) groups excluding carboxylic acids is 1. The number of hydrogen-bond acceptors (Lipinski definition) is 5. The quantitative estimate of drug-likeness (QED) is 0.372. The highest BCUT2D eigenvalue weighted by atomic mass is 32.1. The first kappa shape index (κ1) is 19.7. The van der Waals surface area contributed by atoms with Gasteiger partial charge in [0.1, 0.15) is 6.04 Å². The number of imidazole rings is 1. The lowest BCUT2D eigenvalue weighted by atomic mass is 10.0. The number of allylic oxidation sites excluding steroid dienone is 1. The maximum Gasteiger partial charge on any atom is 0.338 e. The normalized spacial score (nSPS) is 16.0. The van der Waals surface area contributed by atoms with Crippen molar-refractivity contribution in [3.05, 3.63) is 57.9 Å². The Morgan fingerprint density at radius 1 is 1.17 bits per heavy atom. The summed E-state index contributed by atoms with van der Waals surface area (Å²) in [6, 6.07) is 11.9. The van der Waals surface area contributed by atoms with Crippen molar-refractivity contribution in [3.63, 3.8) is 0 Å². The zero-order valence-corrected chi connectivity index (χ0v) is 17.8. The van der Waals surface area contributed by atoms with Crippen LogP contribution < -0.4 is 5.32 Å². The molecule has 29 heavy (non-hydrogen) atoms. The minimum atomic E-state index is -0.243. The molecular weight excluding hydrogens is 382 g/mol. The van der Waals surface area contributed by atoms with Crippen LogP contribution in [-0.4, -0.2) is 22.1 Å². The fraction of sp³-hybridized carbons (Fsp3) is 0.391. The number of anilines is 1. The fourth-order valence-corrected chi connectivity index (χ4v) is 4.72. The Labute approximate surface area is 175 Å². The van der Waals surface area contributed by atoms with Crippen LogP contribution in [0.5, 0.6) is 0 Å². The third-order valence-corrected chi connectivity index (χ3v) is 6.27. The lowest BCUT2D eigenvalue weighted by Gasteiger charge is -2.29. The van der Waals surface area contributed by atoms with Gasteiger partial charge in [0.25, 0.3) is 0 Å². The Bertz CT molecular complexity index is 1020. The first-order valence-corrected chi connectivity index (χ1v) is 11.2. The Kier molecular flexibility index (Phi) is 6.00. The number of unbranched alkanes of at least 4 members (excludes halogenated alkanes) is 4. The Hall–Kier alpha value is -2.60. The van der Waals surface area contributed by atoms with Gasteiger partial charge in [-0.05, 0) is 36.9 Å².